The van der Waals surface area contributed by atoms with E-state index in [2.05, 4.69) is 50.8 Å². The molecule has 0 fully saturated rings. The van der Waals surface area contributed by atoms with Crippen LogP contribution in [-0.4, -0.2) is 65.0 Å². The smallest absolute Gasteiger partial charge is 0.0593 e. The van der Waals surface area contributed by atoms with Crippen LogP contribution in [0.15, 0.2) is 36.8 Å². The first-order valence-corrected chi connectivity index (χ1v) is 8.55. The molecule has 130 valence electrons. The van der Waals surface area contributed by atoms with Gasteiger partial charge in [-0.2, -0.15) is 5.10 Å². The number of hydrogen-bond acceptors (Lipinski definition) is 5. The van der Waals surface area contributed by atoms with Gasteiger partial charge in [-0.25, -0.2) is 0 Å². The Labute approximate surface area is 144 Å². The number of hydrogen-bond donors (Lipinski definition) is 0. The van der Waals surface area contributed by atoms with Crippen LogP contribution in [0.4, 0.5) is 0 Å². The number of pyridine rings is 1. The van der Waals surface area contributed by atoms with Crippen LogP contribution in [0.5, 0.6) is 0 Å². The largest absolute Gasteiger partial charge is 0.380 e. The maximum Gasteiger partial charge on any atom is 0.0593 e. The summed E-state index contributed by atoms with van der Waals surface area (Å²) in [5.74, 6) is 0.449. The fraction of sp³-hybridized carbons (Fsp3) is 0.556. The summed E-state index contributed by atoms with van der Waals surface area (Å²) in [5, 5.41) is 4.48. The van der Waals surface area contributed by atoms with Gasteiger partial charge in [0.05, 0.1) is 18.9 Å². The van der Waals surface area contributed by atoms with E-state index in [9.17, 15) is 0 Å². The van der Waals surface area contributed by atoms with Gasteiger partial charge < -0.3 is 9.64 Å². The van der Waals surface area contributed by atoms with Gasteiger partial charge in [0.25, 0.3) is 0 Å². The highest BCUT2D eigenvalue weighted by Crippen LogP contribution is 2.18. The van der Waals surface area contributed by atoms with Crippen LogP contribution in [0, 0.1) is 5.92 Å². The molecule has 0 amide bonds. The molecule has 0 aromatic carbocycles. The SMILES string of the molecule is CN(C)CCOC[C@H]1CN(Cc2cccnc2)Cc2ccnn2C1. The normalized spacial score (nSPS) is 18.5. The maximum absolute atomic E-state index is 5.91. The molecule has 1 aliphatic heterocycles. The van der Waals surface area contributed by atoms with Gasteiger partial charge in [-0.15, -0.1) is 0 Å². The number of likely N-dealkylation sites (N-methyl/N-ethyl adjacent to an activating group) is 1. The molecule has 6 heteroatoms. The molecule has 2 aromatic heterocycles. The van der Waals surface area contributed by atoms with E-state index >= 15 is 0 Å². The predicted molar refractivity (Wildman–Crippen MR) is 93.4 cm³/mol. The zero-order valence-electron chi connectivity index (χ0n) is 14.6. The molecule has 3 rings (SSSR count). The maximum atomic E-state index is 5.91. The first-order valence-electron chi connectivity index (χ1n) is 8.55. The van der Waals surface area contributed by atoms with Gasteiger partial charge in [-0.3, -0.25) is 14.6 Å². The van der Waals surface area contributed by atoms with E-state index in [0.717, 1.165) is 45.9 Å². The first-order chi connectivity index (χ1) is 11.7. The fourth-order valence-corrected chi connectivity index (χ4v) is 3.09. The molecule has 24 heavy (non-hydrogen) atoms. The van der Waals surface area contributed by atoms with E-state index in [1.165, 1.54) is 11.3 Å². The van der Waals surface area contributed by atoms with Gasteiger partial charge in [-0.05, 0) is 31.8 Å². The molecule has 0 aliphatic carbocycles. The zero-order chi connectivity index (χ0) is 16.8. The van der Waals surface area contributed by atoms with Crippen molar-refractivity contribution in [3.05, 3.63) is 48.0 Å². The molecule has 3 heterocycles. The fourth-order valence-electron chi connectivity index (χ4n) is 3.09. The Morgan fingerprint density at radius 1 is 1.25 bits per heavy atom. The Kier molecular flexibility index (Phi) is 5.96. The van der Waals surface area contributed by atoms with Crippen LogP contribution in [0.2, 0.25) is 0 Å². The number of aromatic nitrogens is 3. The van der Waals surface area contributed by atoms with E-state index in [-0.39, 0.29) is 0 Å². The topological polar surface area (TPSA) is 46.4 Å². The standard InChI is InChI=1S/C18H27N5O/c1-21(2)8-9-24-15-17-12-22(11-16-4-3-6-19-10-16)14-18-5-7-20-23(18)13-17/h3-7,10,17H,8-9,11-15H2,1-2H3/t17-/m0/s1. The second-order valence-corrected chi connectivity index (χ2v) is 6.78. The van der Waals surface area contributed by atoms with Crippen LogP contribution in [0.3, 0.4) is 0 Å². The van der Waals surface area contributed by atoms with Gasteiger partial charge in [-0.1, -0.05) is 6.07 Å². The van der Waals surface area contributed by atoms with Crippen molar-refractivity contribution in [2.45, 2.75) is 19.6 Å². The molecule has 0 N–H and O–H groups in total. The van der Waals surface area contributed by atoms with E-state index in [4.69, 9.17) is 4.74 Å². The molecule has 1 aliphatic rings. The molecule has 0 radical (unpaired) electrons. The molecule has 0 saturated carbocycles. The Morgan fingerprint density at radius 3 is 2.96 bits per heavy atom. The van der Waals surface area contributed by atoms with E-state index in [1.807, 2.05) is 24.7 Å². The Morgan fingerprint density at radius 2 is 2.17 bits per heavy atom. The number of nitrogens with zero attached hydrogens (tertiary/aromatic N) is 5. The van der Waals surface area contributed by atoms with Crippen molar-refractivity contribution in [3.8, 4) is 0 Å². The van der Waals surface area contributed by atoms with Gasteiger partial charge in [0.2, 0.25) is 0 Å². The van der Waals surface area contributed by atoms with Gasteiger partial charge in [0, 0.05) is 57.2 Å². The lowest BCUT2D eigenvalue weighted by molar-refractivity contribution is 0.0673. The molecule has 1 atom stereocenters. The summed E-state index contributed by atoms with van der Waals surface area (Å²) in [6.07, 6.45) is 5.67. The van der Waals surface area contributed by atoms with Crippen LogP contribution < -0.4 is 0 Å². The molecular formula is C18H27N5O. The second-order valence-electron chi connectivity index (χ2n) is 6.78. The summed E-state index contributed by atoms with van der Waals surface area (Å²) < 4.78 is 8.04. The quantitative estimate of drug-likeness (QED) is 0.720. The lowest BCUT2D eigenvalue weighted by Gasteiger charge is -2.24. The Hall–Kier alpha value is -1.76. The van der Waals surface area contributed by atoms with Crippen molar-refractivity contribution in [3.63, 3.8) is 0 Å². The van der Waals surface area contributed by atoms with Crippen molar-refractivity contribution >= 4 is 0 Å². The lowest BCUT2D eigenvalue weighted by atomic mass is 10.1. The third-order valence-corrected chi connectivity index (χ3v) is 4.30. The van der Waals surface area contributed by atoms with Gasteiger partial charge >= 0.3 is 0 Å². The zero-order valence-corrected chi connectivity index (χ0v) is 14.6. The van der Waals surface area contributed by atoms with E-state index in [1.54, 1.807) is 0 Å². The summed E-state index contributed by atoms with van der Waals surface area (Å²) in [4.78, 5) is 8.85. The van der Waals surface area contributed by atoms with Gasteiger partial charge in [0.1, 0.15) is 0 Å². The van der Waals surface area contributed by atoms with Crippen LogP contribution in [0.25, 0.3) is 0 Å². The predicted octanol–water partition coefficient (Wildman–Crippen LogP) is 1.49. The number of fused-ring (bicyclic) bond motifs is 1. The molecule has 0 saturated heterocycles. The highest BCUT2D eigenvalue weighted by atomic mass is 16.5. The summed E-state index contributed by atoms with van der Waals surface area (Å²) >= 11 is 0. The lowest BCUT2D eigenvalue weighted by Crippen LogP contribution is -2.30. The third-order valence-electron chi connectivity index (χ3n) is 4.30. The summed E-state index contributed by atoms with van der Waals surface area (Å²) in [6, 6.07) is 6.25. The molecule has 0 unspecified atom stereocenters. The number of ether oxygens (including phenoxy) is 1. The highest BCUT2D eigenvalue weighted by molar-refractivity contribution is 5.09. The van der Waals surface area contributed by atoms with Crippen LogP contribution >= 0.6 is 0 Å². The molecule has 0 bridgehead atoms. The van der Waals surface area contributed by atoms with Crippen LogP contribution in [0.1, 0.15) is 11.3 Å². The van der Waals surface area contributed by atoms with Crippen molar-refractivity contribution in [1.82, 2.24) is 24.6 Å². The summed E-state index contributed by atoms with van der Waals surface area (Å²) in [5.41, 5.74) is 2.52. The van der Waals surface area contributed by atoms with E-state index < -0.39 is 0 Å². The van der Waals surface area contributed by atoms with E-state index in [0.29, 0.717) is 5.92 Å². The first kappa shape index (κ1) is 17.1. The van der Waals surface area contributed by atoms with Crippen molar-refractivity contribution in [1.29, 1.82) is 0 Å². The molecule has 6 nitrogen and oxygen atoms in total. The molecule has 0 spiro atoms. The van der Waals surface area contributed by atoms with Crippen molar-refractivity contribution in [2.24, 2.45) is 5.92 Å². The second kappa shape index (κ2) is 8.37. The minimum Gasteiger partial charge on any atom is -0.380 e. The average Bonchev–Trinajstić information content (AvgIpc) is 2.92. The number of rotatable bonds is 7. The highest BCUT2D eigenvalue weighted by Gasteiger charge is 2.22. The molecule has 2 aromatic rings. The monoisotopic (exact) mass is 329 g/mol. The average molecular weight is 329 g/mol. The van der Waals surface area contributed by atoms with Crippen LogP contribution in [-0.2, 0) is 24.4 Å². The van der Waals surface area contributed by atoms with Gasteiger partial charge in [0.15, 0.2) is 0 Å². The third kappa shape index (κ3) is 4.87. The van der Waals surface area contributed by atoms with Crippen molar-refractivity contribution < 1.29 is 4.74 Å². The van der Waals surface area contributed by atoms with Crippen molar-refractivity contribution in [2.75, 3.05) is 40.4 Å². The molecular weight excluding hydrogens is 302 g/mol. The minimum absolute atomic E-state index is 0.449. The Balaban J connectivity index is 1.62. The summed E-state index contributed by atoms with van der Waals surface area (Å²) in [7, 11) is 4.14. The minimum atomic E-state index is 0.449. The Bertz CT molecular complexity index is 613. The summed E-state index contributed by atoms with van der Waals surface area (Å²) in [6.45, 7) is 6.28.